The van der Waals surface area contributed by atoms with Gasteiger partial charge in [0, 0.05) is 11.5 Å². The lowest BCUT2D eigenvalue weighted by Crippen LogP contribution is -2.16. The minimum Gasteiger partial charge on any atom is -0.496 e. The zero-order valence-electron chi connectivity index (χ0n) is 13.9. The number of ether oxygens (including phenoxy) is 2. The van der Waals surface area contributed by atoms with Crippen LogP contribution in [0.25, 0.3) is 0 Å². The fourth-order valence-electron chi connectivity index (χ4n) is 2.76. The molecule has 0 heterocycles. The maximum Gasteiger partial charge on any atom is 0.123 e. The molecule has 0 saturated carbocycles. The Kier molecular flexibility index (Phi) is 5.99. The van der Waals surface area contributed by atoms with Crippen molar-refractivity contribution in [2.24, 2.45) is 5.73 Å². The van der Waals surface area contributed by atoms with Gasteiger partial charge in [0.1, 0.15) is 17.3 Å². The second-order valence-corrected chi connectivity index (χ2v) is 5.78. The van der Waals surface area contributed by atoms with Crippen LogP contribution in [0.1, 0.15) is 29.0 Å². The van der Waals surface area contributed by atoms with E-state index in [9.17, 15) is 4.39 Å². The first-order valence-corrected chi connectivity index (χ1v) is 7.78. The van der Waals surface area contributed by atoms with Crippen molar-refractivity contribution >= 4 is 0 Å². The molecule has 124 valence electrons. The Morgan fingerprint density at radius 1 is 1.09 bits per heavy atom. The van der Waals surface area contributed by atoms with Crippen LogP contribution in [-0.2, 0) is 0 Å². The van der Waals surface area contributed by atoms with Crippen LogP contribution in [0.5, 0.6) is 11.5 Å². The molecule has 0 spiro atoms. The molecule has 0 bridgehead atoms. The van der Waals surface area contributed by atoms with Crippen molar-refractivity contribution in [3.8, 4) is 11.5 Å². The Bertz CT molecular complexity index is 638. The predicted octanol–water partition coefficient (Wildman–Crippen LogP) is 3.96. The number of methoxy groups -OCH3 is 1. The number of hydrogen-bond donors (Lipinski definition) is 1. The van der Waals surface area contributed by atoms with Gasteiger partial charge in [0.05, 0.1) is 13.7 Å². The Labute approximate surface area is 137 Å². The highest BCUT2D eigenvalue weighted by atomic mass is 19.1. The van der Waals surface area contributed by atoms with E-state index in [4.69, 9.17) is 15.2 Å². The number of halogens is 1. The van der Waals surface area contributed by atoms with Gasteiger partial charge in [0.2, 0.25) is 0 Å². The van der Waals surface area contributed by atoms with E-state index >= 15 is 0 Å². The van der Waals surface area contributed by atoms with Gasteiger partial charge in [-0.15, -0.1) is 0 Å². The summed E-state index contributed by atoms with van der Waals surface area (Å²) in [5.74, 6) is 1.22. The van der Waals surface area contributed by atoms with Crippen molar-refractivity contribution in [3.63, 3.8) is 0 Å². The van der Waals surface area contributed by atoms with Crippen LogP contribution in [0.15, 0.2) is 36.4 Å². The summed E-state index contributed by atoms with van der Waals surface area (Å²) in [6, 6.07) is 10.6. The summed E-state index contributed by atoms with van der Waals surface area (Å²) in [6.45, 7) is 5.01. The van der Waals surface area contributed by atoms with Gasteiger partial charge in [-0.2, -0.15) is 0 Å². The lowest BCUT2D eigenvalue weighted by Gasteiger charge is -2.19. The zero-order chi connectivity index (χ0) is 16.8. The Balaban J connectivity index is 2.04. The summed E-state index contributed by atoms with van der Waals surface area (Å²) in [6.07, 6.45) is 0.698. The molecule has 2 aromatic rings. The van der Waals surface area contributed by atoms with Crippen LogP contribution < -0.4 is 15.2 Å². The molecular formula is C19H24FNO2. The van der Waals surface area contributed by atoms with Crippen LogP contribution >= 0.6 is 0 Å². The summed E-state index contributed by atoms with van der Waals surface area (Å²) < 4.78 is 24.7. The number of rotatable bonds is 7. The summed E-state index contributed by atoms with van der Waals surface area (Å²) in [7, 11) is 1.58. The highest BCUT2D eigenvalue weighted by Gasteiger charge is 2.16. The summed E-state index contributed by atoms with van der Waals surface area (Å²) >= 11 is 0. The third-order valence-corrected chi connectivity index (χ3v) is 3.85. The lowest BCUT2D eigenvalue weighted by atomic mass is 9.95. The van der Waals surface area contributed by atoms with E-state index in [1.54, 1.807) is 13.2 Å². The number of nitrogens with two attached hydrogens (primary N) is 1. The van der Waals surface area contributed by atoms with Gasteiger partial charge < -0.3 is 15.2 Å². The highest BCUT2D eigenvalue weighted by Crippen LogP contribution is 2.29. The third-order valence-electron chi connectivity index (χ3n) is 3.85. The molecule has 0 aromatic heterocycles. The molecule has 3 nitrogen and oxygen atoms in total. The maximum atomic E-state index is 13.5. The second kappa shape index (κ2) is 7.97. The fourth-order valence-corrected chi connectivity index (χ4v) is 2.76. The van der Waals surface area contributed by atoms with Crippen molar-refractivity contribution in [1.29, 1.82) is 0 Å². The van der Waals surface area contributed by atoms with E-state index in [0.29, 0.717) is 25.3 Å². The van der Waals surface area contributed by atoms with Crippen LogP contribution in [0.2, 0.25) is 0 Å². The quantitative estimate of drug-likeness (QED) is 0.840. The normalized spacial score (nSPS) is 12.0. The molecule has 0 saturated heterocycles. The van der Waals surface area contributed by atoms with E-state index in [-0.39, 0.29) is 11.7 Å². The van der Waals surface area contributed by atoms with Crippen LogP contribution in [0.4, 0.5) is 4.39 Å². The molecule has 4 heteroatoms. The van der Waals surface area contributed by atoms with E-state index in [0.717, 1.165) is 11.3 Å². The first kappa shape index (κ1) is 17.3. The molecule has 1 atom stereocenters. The van der Waals surface area contributed by atoms with Crippen molar-refractivity contribution in [3.05, 3.63) is 58.9 Å². The molecule has 2 rings (SSSR count). The molecule has 2 aromatic carbocycles. The van der Waals surface area contributed by atoms with E-state index in [1.165, 1.54) is 23.3 Å². The maximum absolute atomic E-state index is 13.5. The molecule has 0 aliphatic heterocycles. The first-order chi connectivity index (χ1) is 11.0. The molecule has 1 unspecified atom stereocenters. The van der Waals surface area contributed by atoms with Gasteiger partial charge in [0.15, 0.2) is 0 Å². The molecule has 0 amide bonds. The van der Waals surface area contributed by atoms with E-state index in [1.807, 2.05) is 26.0 Å². The molecular weight excluding hydrogens is 293 g/mol. The third kappa shape index (κ3) is 4.70. The standard InChI is InChI=1S/C19H24FNO2/c1-13-8-14(2)10-17(9-13)23-7-6-15(12-21)18-11-16(20)4-5-19(18)22-3/h4-5,8-11,15H,6-7,12,21H2,1-3H3. The molecule has 0 aliphatic carbocycles. The SMILES string of the molecule is COc1ccc(F)cc1C(CN)CCOc1cc(C)cc(C)c1. The summed E-state index contributed by atoms with van der Waals surface area (Å²) in [5.41, 5.74) is 9.00. The first-order valence-electron chi connectivity index (χ1n) is 7.78. The lowest BCUT2D eigenvalue weighted by molar-refractivity contribution is 0.296. The van der Waals surface area contributed by atoms with E-state index in [2.05, 4.69) is 6.07 Å². The van der Waals surface area contributed by atoms with Crippen molar-refractivity contribution in [1.82, 2.24) is 0 Å². The summed E-state index contributed by atoms with van der Waals surface area (Å²) in [4.78, 5) is 0. The van der Waals surface area contributed by atoms with Crippen LogP contribution in [0.3, 0.4) is 0 Å². The minimum absolute atomic E-state index is 0.00782. The van der Waals surface area contributed by atoms with Crippen LogP contribution in [0, 0.1) is 19.7 Å². The molecule has 0 fully saturated rings. The average Bonchev–Trinajstić information content (AvgIpc) is 2.50. The number of aryl methyl sites for hydroxylation is 2. The molecule has 0 aliphatic rings. The van der Waals surface area contributed by atoms with Gasteiger partial charge in [-0.3, -0.25) is 0 Å². The number of benzene rings is 2. The molecule has 23 heavy (non-hydrogen) atoms. The van der Waals surface area contributed by atoms with Crippen molar-refractivity contribution < 1.29 is 13.9 Å². The Morgan fingerprint density at radius 3 is 2.39 bits per heavy atom. The highest BCUT2D eigenvalue weighted by molar-refractivity contribution is 5.37. The molecule has 0 radical (unpaired) electrons. The van der Waals surface area contributed by atoms with Gasteiger partial charge in [-0.1, -0.05) is 6.07 Å². The second-order valence-electron chi connectivity index (χ2n) is 5.78. The molecule has 2 N–H and O–H groups in total. The van der Waals surface area contributed by atoms with Gasteiger partial charge in [0.25, 0.3) is 0 Å². The van der Waals surface area contributed by atoms with Crippen molar-refractivity contribution in [2.75, 3.05) is 20.3 Å². The largest absolute Gasteiger partial charge is 0.496 e. The fraction of sp³-hybridized carbons (Fsp3) is 0.368. The predicted molar refractivity (Wildman–Crippen MR) is 90.8 cm³/mol. The van der Waals surface area contributed by atoms with Crippen LogP contribution in [-0.4, -0.2) is 20.3 Å². The Morgan fingerprint density at radius 2 is 1.78 bits per heavy atom. The van der Waals surface area contributed by atoms with Crippen molar-refractivity contribution in [2.45, 2.75) is 26.2 Å². The Hall–Kier alpha value is -2.07. The zero-order valence-corrected chi connectivity index (χ0v) is 13.9. The minimum atomic E-state index is -0.283. The monoisotopic (exact) mass is 317 g/mol. The smallest absolute Gasteiger partial charge is 0.123 e. The van der Waals surface area contributed by atoms with E-state index < -0.39 is 0 Å². The van der Waals surface area contributed by atoms with Gasteiger partial charge in [-0.25, -0.2) is 4.39 Å². The number of hydrogen-bond acceptors (Lipinski definition) is 3. The van der Waals surface area contributed by atoms with Gasteiger partial charge in [-0.05, 0) is 68.3 Å². The van der Waals surface area contributed by atoms with Gasteiger partial charge >= 0.3 is 0 Å². The topological polar surface area (TPSA) is 44.5 Å². The summed E-state index contributed by atoms with van der Waals surface area (Å²) in [5, 5.41) is 0. The average molecular weight is 317 g/mol.